The molecular weight excluding hydrogens is 306 g/mol. The Kier molecular flexibility index (Phi) is 4.63. The van der Waals surface area contributed by atoms with Crippen molar-refractivity contribution in [3.63, 3.8) is 0 Å². The van der Waals surface area contributed by atoms with Gasteiger partial charge in [-0.25, -0.2) is 0 Å². The maximum atomic E-state index is 12.5. The Bertz CT molecular complexity index is 447. The van der Waals surface area contributed by atoms with Crippen molar-refractivity contribution in [3.8, 4) is 0 Å². The van der Waals surface area contributed by atoms with Crippen molar-refractivity contribution in [1.82, 2.24) is 5.32 Å². The largest absolute Gasteiger partial charge is 0.381 e. The summed E-state index contributed by atoms with van der Waals surface area (Å²) < 4.78 is 5.39. The number of rotatable bonds is 3. The fraction of sp³-hybridized carbons (Fsp3) is 0.533. The van der Waals surface area contributed by atoms with Crippen LogP contribution < -0.4 is 5.32 Å². The Balaban J connectivity index is 2.20. The van der Waals surface area contributed by atoms with Crippen LogP contribution in [0.25, 0.3) is 0 Å². The molecular formula is C15H20BrNO2. The molecule has 19 heavy (non-hydrogen) atoms. The van der Waals surface area contributed by atoms with Crippen molar-refractivity contribution in [2.24, 2.45) is 0 Å². The zero-order valence-electron chi connectivity index (χ0n) is 11.5. The highest BCUT2D eigenvalue weighted by Gasteiger charge is 2.33. The van der Waals surface area contributed by atoms with Crippen LogP contribution in [0.1, 0.15) is 34.3 Å². The molecule has 3 nitrogen and oxygen atoms in total. The van der Waals surface area contributed by atoms with Crippen molar-refractivity contribution in [2.45, 2.75) is 32.2 Å². The lowest BCUT2D eigenvalue weighted by molar-refractivity contribution is 0.0441. The van der Waals surface area contributed by atoms with E-state index < -0.39 is 0 Å². The Hall–Kier alpha value is -0.870. The lowest BCUT2D eigenvalue weighted by atomic mass is 9.91. The van der Waals surface area contributed by atoms with Crippen LogP contribution in [0, 0.1) is 13.8 Å². The summed E-state index contributed by atoms with van der Waals surface area (Å²) in [5.74, 6) is 0.0250. The van der Waals surface area contributed by atoms with Crippen molar-refractivity contribution in [1.29, 1.82) is 0 Å². The number of aryl methyl sites for hydroxylation is 2. The molecule has 0 spiro atoms. The summed E-state index contributed by atoms with van der Waals surface area (Å²) in [5, 5.41) is 3.98. The Morgan fingerprint density at radius 3 is 2.42 bits per heavy atom. The first kappa shape index (κ1) is 14.5. The maximum absolute atomic E-state index is 12.5. The SMILES string of the molecule is Cc1cccc(C)c1C(=O)NC1(CBr)CCOCC1. The van der Waals surface area contributed by atoms with Crippen molar-refractivity contribution < 1.29 is 9.53 Å². The van der Waals surface area contributed by atoms with E-state index >= 15 is 0 Å². The van der Waals surface area contributed by atoms with E-state index in [0.29, 0.717) is 13.2 Å². The second-order valence-corrected chi connectivity index (χ2v) is 5.81. The summed E-state index contributed by atoms with van der Waals surface area (Å²) >= 11 is 3.54. The minimum Gasteiger partial charge on any atom is -0.381 e. The summed E-state index contributed by atoms with van der Waals surface area (Å²) in [5.41, 5.74) is 2.67. The molecule has 4 heteroatoms. The Morgan fingerprint density at radius 2 is 1.89 bits per heavy atom. The first-order valence-electron chi connectivity index (χ1n) is 6.60. The maximum Gasteiger partial charge on any atom is 0.252 e. The van der Waals surface area contributed by atoms with Crippen LogP contribution >= 0.6 is 15.9 Å². The van der Waals surface area contributed by atoms with E-state index in [1.54, 1.807) is 0 Å². The van der Waals surface area contributed by atoms with E-state index in [0.717, 1.165) is 34.9 Å². The van der Waals surface area contributed by atoms with Gasteiger partial charge in [-0.2, -0.15) is 0 Å². The van der Waals surface area contributed by atoms with Gasteiger partial charge in [-0.15, -0.1) is 0 Å². The van der Waals surface area contributed by atoms with Gasteiger partial charge in [0.25, 0.3) is 5.91 Å². The summed E-state index contributed by atoms with van der Waals surface area (Å²) in [7, 11) is 0. The molecule has 1 aliphatic heterocycles. The van der Waals surface area contributed by atoms with Gasteiger partial charge in [0.2, 0.25) is 0 Å². The van der Waals surface area contributed by atoms with Crippen molar-refractivity contribution in [3.05, 3.63) is 34.9 Å². The predicted octanol–water partition coefficient (Wildman–Crippen LogP) is 2.98. The van der Waals surface area contributed by atoms with E-state index in [-0.39, 0.29) is 11.4 Å². The summed E-state index contributed by atoms with van der Waals surface area (Å²) in [6, 6.07) is 5.94. The van der Waals surface area contributed by atoms with Gasteiger partial charge >= 0.3 is 0 Å². The van der Waals surface area contributed by atoms with Gasteiger partial charge in [0.1, 0.15) is 0 Å². The average molecular weight is 326 g/mol. The molecule has 0 atom stereocenters. The number of nitrogens with one attached hydrogen (secondary N) is 1. The zero-order valence-corrected chi connectivity index (χ0v) is 13.0. The lowest BCUT2D eigenvalue weighted by Gasteiger charge is -2.36. The molecule has 1 fully saturated rings. The number of alkyl halides is 1. The zero-order chi connectivity index (χ0) is 13.9. The van der Waals surface area contributed by atoms with E-state index in [9.17, 15) is 4.79 Å². The predicted molar refractivity (Wildman–Crippen MR) is 80.0 cm³/mol. The molecule has 1 aromatic rings. The second-order valence-electron chi connectivity index (χ2n) is 5.25. The molecule has 1 aromatic carbocycles. The highest BCUT2D eigenvalue weighted by molar-refractivity contribution is 9.09. The van der Waals surface area contributed by atoms with Crippen molar-refractivity contribution >= 4 is 21.8 Å². The number of halogens is 1. The number of benzene rings is 1. The molecule has 0 bridgehead atoms. The lowest BCUT2D eigenvalue weighted by Crippen LogP contribution is -2.53. The van der Waals surface area contributed by atoms with Gasteiger partial charge in [-0.3, -0.25) is 4.79 Å². The van der Waals surface area contributed by atoms with Crippen LogP contribution in [0.15, 0.2) is 18.2 Å². The highest BCUT2D eigenvalue weighted by atomic mass is 79.9. The molecule has 1 aliphatic rings. The highest BCUT2D eigenvalue weighted by Crippen LogP contribution is 2.24. The second kappa shape index (κ2) is 6.06. The van der Waals surface area contributed by atoms with Crippen LogP contribution in [0.5, 0.6) is 0 Å². The molecule has 1 amide bonds. The van der Waals surface area contributed by atoms with E-state index in [4.69, 9.17) is 4.74 Å². The normalized spacial score (nSPS) is 18.1. The van der Waals surface area contributed by atoms with Crippen LogP contribution in [0.3, 0.4) is 0 Å². The smallest absolute Gasteiger partial charge is 0.252 e. The number of amides is 1. The Morgan fingerprint density at radius 1 is 1.32 bits per heavy atom. The van der Waals surface area contributed by atoms with Crippen molar-refractivity contribution in [2.75, 3.05) is 18.5 Å². The molecule has 1 N–H and O–H groups in total. The van der Waals surface area contributed by atoms with E-state index in [2.05, 4.69) is 21.2 Å². The first-order valence-corrected chi connectivity index (χ1v) is 7.72. The van der Waals surface area contributed by atoms with Gasteiger partial charge in [0.05, 0.1) is 5.54 Å². The monoisotopic (exact) mass is 325 g/mol. The van der Waals surface area contributed by atoms with Gasteiger partial charge in [0, 0.05) is 24.1 Å². The fourth-order valence-electron chi connectivity index (χ4n) is 2.53. The number of hydrogen-bond acceptors (Lipinski definition) is 2. The minimum absolute atomic E-state index is 0.0250. The molecule has 104 valence electrons. The Labute approximate surface area is 122 Å². The van der Waals surface area contributed by atoms with Gasteiger partial charge in [-0.1, -0.05) is 34.1 Å². The third-order valence-electron chi connectivity index (χ3n) is 3.79. The summed E-state index contributed by atoms with van der Waals surface area (Å²) in [6.45, 7) is 5.37. The van der Waals surface area contributed by atoms with Crippen LogP contribution in [-0.2, 0) is 4.74 Å². The van der Waals surface area contributed by atoms with Gasteiger partial charge < -0.3 is 10.1 Å². The molecule has 1 saturated heterocycles. The summed E-state index contributed by atoms with van der Waals surface area (Å²) in [4.78, 5) is 12.5. The van der Waals surface area contributed by atoms with Crippen LogP contribution in [0.4, 0.5) is 0 Å². The standard InChI is InChI=1S/C15H20BrNO2/c1-11-4-3-5-12(2)13(11)14(18)17-15(10-16)6-8-19-9-7-15/h3-5H,6-10H2,1-2H3,(H,17,18). The fourth-order valence-corrected chi connectivity index (χ4v) is 3.23. The average Bonchev–Trinajstić information content (AvgIpc) is 2.39. The van der Waals surface area contributed by atoms with Gasteiger partial charge in [-0.05, 0) is 37.8 Å². The quantitative estimate of drug-likeness (QED) is 0.867. The molecule has 0 aliphatic carbocycles. The molecule has 0 saturated carbocycles. The van der Waals surface area contributed by atoms with E-state index in [1.807, 2.05) is 32.0 Å². The molecule has 1 heterocycles. The van der Waals surface area contributed by atoms with Crippen LogP contribution in [-0.4, -0.2) is 30.0 Å². The molecule has 0 radical (unpaired) electrons. The first-order chi connectivity index (χ1) is 9.08. The summed E-state index contributed by atoms with van der Waals surface area (Å²) in [6.07, 6.45) is 1.71. The minimum atomic E-state index is -0.177. The number of hydrogen-bond donors (Lipinski definition) is 1. The van der Waals surface area contributed by atoms with E-state index in [1.165, 1.54) is 0 Å². The topological polar surface area (TPSA) is 38.3 Å². The molecule has 2 rings (SSSR count). The third kappa shape index (κ3) is 3.18. The number of carbonyl (C=O) groups excluding carboxylic acids is 1. The number of carbonyl (C=O) groups is 1. The van der Waals surface area contributed by atoms with Crippen LogP contribution in [0.2, 0.25) is 0 Å². The molecule has 0 aromatic heterocycles. The third-order valence-corrected chi connectivity index (χ3v) is 4.87. The number of ether oxygens (including phenoxy) is 1. The molecule has 0 unspecified atom stereocenters. The van der Waals surface area contributed by atoms with Gasteiger partial charge in [0.15, 0.2) is 0 Å².